The summed E-state index contributed by atoms with van der Waals surface area (Å²) in [5.74, 6) is 1.20. The van der Waals surface area contributed by atoms with E-state index >= 15 is 0 Å². The highest BCUT2D eigenvalue weighted by molar-refractivity contribution is 7.91. The molecule has 1 aromatic carbocycles. The maximum absolute atomic E-state index is 11.5. The Balaban J connectivity index is 2.68. The summed E-state index contributed by atoms with van der Waals surface area (Å²) in [5, 5.41) is 3.29. The van der Waals surface area contributed by atoms with E-state index in [0.717, 1.165) is 17.7 Å². The van der Waals surface area contributed by atoms with Crippen LogP contribution in [0.5, 0.6) is 5.75 Å². The zero-order valence-electron chi connectivity index (χ0n) is 11.8. The summed E-state index contributed by atoms with van der Waals surface area (Å²) in [4.78, 5) is 0. The fourth-order valence-corrected chi connectivity index (χ4v) is 2.68. The third kappa shape index (κ3) is 4.84. The lowest BCUT2D eigenvalue weighted by Gasteiger charge is -2.19. The van der Waals surface area contributed by atoms with Crippen molar-refractivity contribution in [1.82, 2.24) is 5.32 Å². The molecule has 1 aromatic rings. The van der Waals surface area contributed by atoms with E-state index < -0.39 is 9.84 Å². The maximum atomic E-state index is 11.5. The number of sulfone groups is 1. The van der Waals surface area contributed by atoms with Crippen LogP contribution in [0.3, 0.4) is 0 Å². The number of ether oxygens (including phenoxy) is 1. The molecule has 0 amide bonds. The molecule has 0 aliphatic heterocycles. The van der Waals surface area contributed by atoms with E-state index in [1.165, 1.54) is 0 Å². The molecule has 0 aromatic heterocycles. The van der Waals surface area contributed by atoms with Gasteiger partial charge < -0.3 is 10.1 Å². The smallest absolute Gasteiger partial charge is 0.151 e. The van der Waals surface area contributed by atoms with E-state index in [2.05, 4.69) is 12.2 Å². The molecule has 108 valence electrons. The minimum Gasteiger partial charge on any atom is -0.496 e. The Bertz CT molecular complexity index is 485. The third-order valence-corrected chi connectivity index (χ3v) is 4.87. The van der Waals surface area contributed by atoms with Crippen LogP contribution in [0, 0.1) is 0 Å². The molecular weight excluding hydrogens is 262 g/mol. The summed E-state index contributed by atoms with van der Waals surface area (Å²) in [7, 11) is -1.27. The Labute approximate surface area is 116 Å². The predicted octanol–water partition coefficient (Wildman–Crippen LogP) is 2.17. The molecule has 0 saturated heterocycles. The first-order chi connectivity index (χ1) is 9.04. The van der Waals surface area contributed by atoms with Crippen molar-refractivity contribution in [2.24, 2.45) is 0 Å². The van der Waals surface area contributed by atoms with Gasteiger partial charge in [-0.1, -0.05) is 32.0 Å². The van der Waals surface area contributed by atoms with Gasteiger partial charge in [-0.15, -0.1) is 0 Å². The molecule has 0 spiro atoms. The van der Waals surface area contributed by atoms with Crippen molar-refractivity contribution in [1.29, 1.82) is 0 Å². The lowest BCUT2D eigenvalue weighted by atomic mass is 10.0. The number of nitrogens with one attached hydrogen (secondary N) is 1. The minimum absolute atomic E-state index is 0.114. The van der Waals surface area contributed by atoms with Crippen molar-refractivity contribution in [3.8, 4) is 5.75 Å². The standard InChI is InChI=1S/C14H23NO3S/c1-4-13(15-10-11-19(16,17)5-2)12-8-6-7-9-14(12)18-3/h6-9,13,15H,4-5,10-11H2,1-3H3. The Hall–Kier alpha value is -1.07. The molecule has 19 heavy (non-hydrogen) atoms. The number of benzene rings is 1. The van der Waals surface area contributed by atoms with E-state index in [1.807, 2.05) is 24.3 Å². The van der Waals surface area contributed by atoms with Crippen molar-refractivity contribution >= 4 is 9.84 Å². The molecule has 0 fully saturated rings. The van der Waals surface area contributed by atoms with Gasteiger partial charge in [0.15, 0.2) is 9.84 Å². The number of hydrogen-bond acceptors (Lipinski definition) is 4. The molecule has 0 bridgehead atoms. The summed E-state index contributed by atoms with van der Waals surface area (Å²) in [6.45, 7) is 4.21. The average Bonchev–Trinajstić information content (AvgIpc) is 2.43. The Morgan fingerprint density at radius 3 is 2.53 bits per heavy atom. The van der Waals surface area contributed by atoms with Crippen molar-refractivity contribution < 1.29 is 13.2 Å². The van der Waals surface area contributed by atoms with Crippen LogP contribution in [-0.2, 0) is 9.84 Å². The van der Waals surface area contributed by atoms with Crippen LogP contribution in [0.2, 0.25) is 0 Å². The van der Waals surface area contributed by atoms with E-state index in [0.29, 0.717) is 6.54 Å². The number of hydrogen-bond donors (Lipinski definition) is 1. The highest BCUT2D eigenvalue weighted by atomic mass is 32.2. The molecule has 1 unspecified atom stereocenters. The van der Waals surface area contributed by atoms with Crippen molar-refractivity contribution in [3.63, 3.8) is 0 Å². The first-order valence-corrected chi connectivity index (χ1v) is 8.43. The van der Waals surface area contributed by atoms with E-state index in [1.54, 1.807) is 14.0 Å². The van der Waals surface area contributed by atoms with Gasteiger partial charge in [0.25, 0.3) is 0 Å². The molecule has 0 heterocycles. The molecule has 1 atom stereocenters. The topological polar surface area (TPSA) is 55.4 Å². The summed E-state index contributed by atoms with van der Waals surface area (Å²) in [5.41, 5.74) is 1.07. The van der Waals surface area contributed by atoms with Crippen LogP contribution in [0.25, 0.3) is 0 Å². The number of rotatable bonds is 8. The zero-order chi connectivity index (χ0) is 14.3. The molecule has 5 heteroatoms. The molecule has 0 saturated carbocycles. The fourth-order valence-electron chi connectivity index (χ4n) is 1.96. The van der Waals surface area contributed by atoms with Gasteiger partial charge in [0.2, 0.25) is 0 Å². The highest BCUT2D eigenvalue weighted by Gasteiger charge is 2.14. The predicted molar refractivity (Wildman–Crippen MR) is 78.4 cm³/mol. The van der Waals surface area contributed by atoms with E-state index in [-0.39, 0.29) is 17.5 Å². The summed E-state index contributed by atoms with van der Waals surface area (Å²) >= 11 is 0. The zero-order valence-corrected chi connectivity index (χ0v) is 12.7. The lowest BCUT2D eigenvalue weighted by Crippen LogP contribution is -2.27. The molecule has 1 rings (SSSR count). The largest absolute Gasteiger partial charge is 0.496 e. The normalized spacial score (nSPS) is 13.2. The van der Waals surface area contributed by atoms with Gasteiger partial charge in [-0.25, -0.2) is 8.42 Å². The molecule has 1 N–H and O–H groups in total. The molecular formula is C14H23NO3S. The first-order valence-electron chi connectivity index (χ1n) is 6.60. The van der Waals surface area contributed by atoms with Gasteiger partial charge in [-0.2, -0.15) is 0 Å². The molecule has 0 aliphatic rings. The Morgan fingerprint density at radius 2 is 1.95 bits per heavy atom. The monoisotopic (exact) mass is 285 g/mol. The first kappa shape index (κ1) is 16.0. The van der Waals surface area contributed by atoms with E-state index in [4.69, 9.17) is 4.74 Å². The molecule has 0 radical (unpaired) electrons. The Kier molecular flexibility index (Phi) is 6.31. The van der Waals surface area contributed by atoms with Gasteiger partial charge in [0.05, 0.1) is 12.9 Å². The number of para-hydroxylation sites is 1. The Morgan fingerprint density at radius 1 is 1.26 bits per heavy atom. The average molecular weight is 285 g/mol. The lowest BCUT2D eigenvalue weighted by molar-refractivity contribution is 0.398. The van der Waals surface area contributed by atoms with E-state index in [9.17, 15) is 8.42 Å². The van der Waals surface area contributed by atoms with Crippen LogP contribution >= 0.6 is 0 Å². The second-order valence-corrected chi connectivity index (χ2v) is 6.87. The van der Waals surface area contributed by atoms with Gasteiger partial charge in [0, 0.05) is 23.9 Å². The summed E-state index contributed by atoms with van der Waals surface area (Å²) in [6, 6.07) is 7.93. The second kappa shape index (κ2) is 7.50. The summed E-state index contributed by atoms with van der Waals surface area (Å²) < 4.78 is 28.3. The van der Waals surface area contributed by atoms with Gasteiger partial charge in [-0.3, -0.25) is 0 Å². The maximum Gasteiger partial charge on any atom is 0.151 e. The summed E-state index contributed by atoms with van der Waals surface area (Å²) in [6.07, 6.45) is 0.881. The van der Waals surface area contributed by atoms with Crippen LogP contribution < -0.4 is 10.1 Å². The third-order valence-electron chi connectivity index (χ3n) is 3.17. The fraction of sp³-hybridized carbons (Fsp3) is 0.571. The number of methoxy groups -OCH3 is 1. The van der Waals surface area contributed by atoms with Crippen molar-refractivity contribution in [2.75, 3.05) is 25.2 Å². The highest BCUT2D eigenvalue weighted by Crippen LogP contribution is 2.26. The van der Waals surface area contributed by atoms with Crippen LogP contribution in [0.1, 0.15) is 31.9 Å². The minimum atomic E-state index is -2.92. The SMILES string of the molecule is CCC(NCCS(=O)(=O)CC)c1ccccc1OC. The van der Waals surface area contributed by atoms with Crippen LogP contribution in [0.15, 0.2) is 24.3 Å². The van der Waals surface area contributed by atoms with Crippen LogP contribution in [0.4, 0.5) is 0 Å². The van der Waals surface area contributed by atoms with Gasteiger partial charge in [-0.05, 0) is 12.5 Å². The van der Waals surface area contributed by atoms with Gasteiger partial charge >= 0.3 is 0 Å². The van der Waals surface area contributed by atoms with Gasteiger partial charge in [0.1, 0.15) is 5.75 Å². The van der Waals surface area contributed by atoms with Crippen LogP contribution in [-0.4, -0.2) is 33.6 Å². The quantitative estimate of drug-likeness (QED) is 0.795. The second-order valence-electron chi connectivity index (χ2n) is 4.39. The van der Waals surface area contributed by atoms with Crippen molar-refractivity contribution in [2.45, 2.75) is 26.3 Å². The molecule has 4 nitrogen and oxygen atoms in total. The van der Waals surface area contributed by atoms with Crippen molar-refractivity contribution in [3.05, 3.63) is 29.8 Å². The molecule has 0 aliphatic carbocycles.